The van der Waals surface area contributed by atoms with Gasteiger partial charge in [-0.2, -0.15) is 0 Å². The number of carbonyl (C=O) groups is 4. The number of aromatic nitrogens is 1. The third kappa shape index (κ3) is 37.1. The summed E-state index contributed by atoms with van der Waals surface area (Å²) in [6, 6.07) is 0. The van der Waals surface area contributed by atoms with E-state index in [2.05, 4.69) is 38.0 Å². The summed E-state index contributed by atoms with van der Waals surface area (Å²) in [5.74, 6) is 1.17. The first-order valence-corrected chi connectivity index (χ1v) is 27.8. The van der Waals surface area contributed by atoms with Gasteiger partial charge < -0.3 is 23.7 Å². The van der Waals surface area contributed by atoms with Gasteiger partial charge in [0.15, 0.2) is 5.13 Å². The van der Waals surface area contributed by atoms with E-state index < -0.39 is 17.8 Å². The lowest BCUT2D eigenvalue weighted by atomic mass is 9.92. The van der Waals surface area contributed by atoms with Crippen LogP contribution in [0.5, 0.6) is 0 Å². The predicted molar refractivity (Wildman–Crippen MR) is 271 cm³/mol. The fourth-order valence-corrected chi connectivity index (χ4v) is 9.08. The van der Waals surface area contributed by atoms with E-state index in [-0.39, 0.29) is 24.6 Å². The Morgan fingerprint density at radius 1 is 0.545 bits per heavy atom. The zero-order valence-corrected chi connectivity index (χ0v) is 44.1. The maximum Gasteiger partial charge on any atom is 0.508 e. The summed E-state index contributed by atoms with van der Waals surface area (Å²) in [6.45, 7) is 15.6. The first-order valence-electron chi connectivity index (χ1n) is 27.0. The summed E-state index contributed by atoms with van der Waals surface area (Å²) in [7, 11) is 0. The summed E-state index contributed by atoms with van der Waals surface area (Å²) in [6.07, 6.45) is 34.6. The first kappa shape index (κ1) is 61.1. The summed E-state index contributed by atoms with van der Waals surface area (Å²) in [5.41, 5.74) is -0.611. The Morgan fingerprint density at radius 3 is 1.41 bits per heavy atom. The largest absolute Gasteiger partial charge is 0.508 e. The number of ether oxygens (including phenoxy) is 5. The van der Waals surface area contributed by atoms with Crippen molar-refractivity contribution in [1.82, 2.24) is 4.98 Å². The number of esters is 2. The molecule has 1 rings (SSSR count). The van der Waals surface area contributed by atoms with Crippen molar-refractivity contribution in [2.45, 2.75) is 272 Å². The molecule has 1 N–H and O–H groups in total. The number of thiazole rings is 1. The number of nitrogens with zero attached hydrogens (tertiary/aromatic N) is 1. The third-order valence-corrected chi connectivity index (χ3v) is 13.2. The molecule has 0 aromatic carbocycles. The van der Waals surface area contributed by atoms with Crippen LogP contribution in [0.2, 0.25) is 0 Å². The SMILES string of the molecule is CCCCCC(CCCCC)CCOC(=O)CCCCCCCC(CCCCCCCC(=O)OCCC(CCCCC)CCCCC)OC(=O)OCCc1cnc(NC(=O)OC(C)(C)C)s1. The number of hydrogen-bond donors (Lipinski definition) is 1. The van der Waals surface area contributed by atoms with E-state index in [0.29, 0.717) is 49.4 Å². The Hall–Kier alpha value is -2.89. The zero-order valence-electron chi connectivity index (χ0n) is 43.3. The highest BCUT2D eigenvalue weighted by Crippen LogP contribution is 2.24. The van der Waals surface area contributed by atoms with E-state index >= 15 is 0 Å². The fraction of sp³-hybridized carbons (Fsp3) is 0.870. The van der Waals surface area contributed by atoms with Gasteiger partial charge in [-0.15, -0.1) is 11.3 Å². The number of unbranched alkanes of at least 4 members (excludes halogenated alkanes) is 16. The van der Waals surface area contributed by atoms with E-state index in [4.69, 9.17) is 23.7 Å². The van der Waals surface area contributed by atoms with Gasteiger partial charge in [0.05, 0.1) is 19.8 Å². The standard InChI is InChI=1S/C54H98N2O9S/c1-8-12-22-30-45(31-23-13-9-2)38-41-61-49(57)36-28-20-16-18-26-34-47(64-53(60)63-43-40-48-44-55-51(66-48)56-52(59)65-54(5,6)7)35-27-19-17-21-29-37-50(58)62-42-39-46(32-24-14-10-3)33-25-15-11-4/h44-47H,8-43H2,1-7H3,(H,55,56,59). The van der Waals surface area contributed by atoms with Crippen molar-refractivity contribution < 1.29 is 42.9 Å². The lowest BCUT2D eigenvalue weighted by Gasteiger charge is -2.18. The first-order chi connectivity index (χ1) is 31.9. The normalized spacial score (nSPS) is 11.7. The van der Waals surface area contributed by atoms with E-state index in [1.807, 2.05) is 0 Å². The molecule has 0 aliphatic rings. The van der Waals surface area contributed by atoms with Gasteiger partial charge in [0.25, 0.3) is 0 Å². The van der Waals surface area contributed by atoms with Crippen LogP contribution in [0.4, 0.5) is 14.7 Å². The van der Waals surface area contributed by atoms with Gasteiger partial charge in [0, 0.05) is 30.3 Å². The highest BCUT2D eigenvalue weighted by molar-refractivity contribution is 7.15. The smallest absolute Gasteiger partial charge is 0.466 e. The van der Waals surface area contributed by atoms with Crippen molar-refractivity contribution in [2.24, 2.45) is 11.8 Å². The minimum Gasteiger partial charge on any atom is -0.466 e. The summed E-state index contributed by atoms with van der Waals surface area (Å²) < 4.78 is 27.9. The molecule has 12 heteroatoms. The number of carbonyl (C=O) groups excluding carboxylic acids is 4. The van der Waals surface area contributed by atoms with Crippen LogP contribution < -0.4 is 5.32 Å². The molecular formula is C54H98N2O9S. The highest BCUT2D eigenvalue weighted by Gasteiger charge is 2.19. The molecule has 66 heavy (non-hydrogen) atoms. The molecule has 0 saturated heterocycles. The van der Waals surface area contributed by atoms with E-state index in [1.54, 1.807) is 27.0 Å². The lowest BCUT2D eigenvalue weighted by molar-refractivity contribution is -0.145. The molecule has 1 aromatic rings. The van der Waals surface area contributed by atoms with Crippen LogP contribution in [0.1, 0.15) is 259 Å². The number of amides is 1. The molecule has 0 bridgehead atoms. The second kappa shape index (κ2) is 41.1. The maximum absolute atomic E-state index is 12.8. The number of rotatable bonds is 43. The molecule has 384 valence electrons. The Morgan fingerprint density at radius 2 is 0.970 bits per heavy atom. The van der Waals surface area contributed by atoms with Crippen LogP contribution in [0.15, 0.2) is 6.20 Å². The second-order valence-electron chi connectivity index (χ2n) is 19.7. The van der Waals surface area contributed by atoms with Gasteiger partial charge >= 0.3 is 24.2 Å². The lowest BCUT2D eigenvalue weighted by Crippen LogP contribution is -2.27. The topological polar surface area (TPSA) is 139 Å². The Balaban J connectivity index is 2.49. The van der Waals surface area contributed by atoms with Crippen LogP contribution >= 0.6 is 11.3 Å². The molecule has 0 atom stereocenters. The van der Waals surface area contributed by atoms with Crippen molar-refractivity contribution >= 4 is 40.7 Å². The van der Waals surface area contributed by atoms with Crippen molar-refractivity contribution in [3.63, 3.8) is 0 Å². The Bertz CT molecular complexity index is 1270. The van der Waals surface area contributed by atoms with Crippen LogP contribution in [0.25, 0.3) is 0 Å². The highest BCUT2D eigenvalue weighted by atomic mass is 32.1. The number of nitrogens with one attached hydrogen (secondary N) is 1. The zero-order chi connectivity index (χ0) is 48.5. The molecule has 11 nitrogen and oxygen atoms in total. The van der Waals surface area contributed by atoms with Gasteiger partial charge in [0.2, 0.25) is 0 Å². The average Bonchev–Trinajstić information content (AvgIpc) is 3.71. The quantitative estimate of drug-likeness (QED) is 0.0382. The van der Waals surface area contributed by atoms with Crippen LogP contribution in [0, 0.1) is 11.8 Å². The van der Waals surface area contributed by atoms with Gasteiger partial charge in [0.1, 0.15) is 11.7 Å². The van der Waals surface area contributed by atoms with E-state index in [9.17, 15) is 19.2 Å². The number of hydrogen-bond acceptors (Lipinski definition) is 11. The van der Waals surface area contributed by atoms with E-state index in [1.165, 1.54) is 114 Å². The fourth-order valence-electron chi connectivity index (χ4n) is 8.30. The number of anilines is 1. The third-order valence-electron chi connectivity index (χ3n) is 12.2. The molecule has 0 unspecified atom stereocenters. The molecule has 0 saturated carbocycles. The molecule has 0 aliphatic heterocycles. The minimum atomic E-state index is -0.671. The average molecular weight is 951 g/mol. The van der Waals surface area contributed by atoms with Gasteiger partial charge in [-0.1, -0.05) is 169 Å². The van der Waals surface area contributed by atoms with Gasteiger partial charge in [-0.3, -0.25) is 14.9 Å². The molecule has 0 spiro atoms. The Labute approximate surface area is 407 Å². The van der Waals surface area contributed by atoms with Crippen LogP contribution in [-0.4, -0.2) is 60.7 Å². The molecule has 1 aromatic heterocycles. The van der Waals surface area contributed by atoms with Crippen LogP contribution in [-0.2, 0) is 39.7 Å². The second-order valence-corrected chi connectivity index (χ2v) is 20.8. The summed E-state index contributed by atoms with van der Waals surface area (Å²) in [5, 5.41) is 3.07. The van der Waals surface area contributed by atoms with Gasteiger partial charge in [-0.25, -0.2) is 14.6 Å². The van der Waals surface area contributed by atoms with Crippen molar-refractivity contribution in [2.75, 3.05) is 25.1 Å². The van der Waals surface area contributed by atoms with E-state index in [0.717, 1.165) is 94.8 Å². The maximum atomic E-state index is 12.8. The van der Waals surface area contributed by atoms with Crippen molar-refractivity contribution in [3.05, 3.63) is 11.1 Å². The monoisotopic (exact) mass is 951 g/mol. The molecule has 0 aliphatic carbocycles. The molecule has 0 fully saturated rings. The molecule has 0 radical (unpaired) electrons. The Kier molecular flexibility index (Phi) is 38.1. The van der Waals surface area contributed by atoms with Crippen LogP contribution in [0.3, 0.4) is 0 Å². The molecular weight excluding hydrogens is 853 g/mol. The van der Waals surface area contributed by atoms with Gasteiger partial charge in [-0.05, 0) is 84.0 Å². The molecule has 1 amide bonds. The molecule has 1 heterocycles. The van der Waals surface area contributed by atoms with Crippen molar-refractivity contribution in [3.8, 4) is 0 Å². The predicted octanol–water partition coefficient (Wildman–Crippen LogP) is 16.4. The summed E-state index contributed by atoms with van der Waals surface area (Å²) in [4.78, 5) is 55.0. The summed E-state index contributed by atoms with van der Waals surface area (Å²) >= 11 is 1.31. The minimum absolute atomic E-state index is 0.0780. The van der Waals surface area contributed by atoms with Crippen molar-refractivity contribution in [1.29, 1.82) is 0 Å².